The predicted molar refractivity (Wildman–Crippen MR) is 46.7 cm³/mol. The Kier molecular flexibility index (Phi) is 2.74. The summed E-state index contributed by atoms with van der Waals surface area (Å²) < 4.78 is 4.93. The van der Waals surface area contributed by atoms with Gasteiger partial charge in [-0.05, 0) is 20.8 Å². The van der Waals surface area contributed by atoms with Gasteiger partial charge in [-0.1, -0.05) is 6.08 Å². The highest BCUT2D eigenvalue weighted by Gasteiger charge is 2.25. The van der Waals surface area contributed by atoms with Crippen molar-refractivity contribution in [3.05, 3.63) is 11.8 Å². The minimum atomic E-state index is -0.218. The van der Waals surface area contributed by atoms with Crippen molar-refractivity contribution in [2.45, 2.75) is 33.2 Å². The molecule has 0 spiro atoms. The van der Waals surface area contributed by atoms with Gasteiger partial charge in [0.15, 0.2) is 0 Å². The first-order valence-corrected chi connectivity index (χ1v) is 4.28. The highest BCUT2D eigenvalue weighted by atomic mass is 16.6. The van der Waals surface area contributed by atoms with Crippen LogP contribution in [0.25, 0.3) is 0 Å². The lowest BCUT2D eigenvalue weighted by Crippen LogP contribution is -2.40. The lowest BCUT2D eigenvalue weighted by molar-refractivity contribution is 0.0819. The first kappa shape index (κ1) is 9.10. The molecule has 1 fully saturated rings. The third-order valence-electron chi connectivity index (χ3n) is 1.94. The molecule has 68 valence electrons. The zero-order valence-corrected chi connectivity index (χ0v) is 7.83. The summed E-state index contributed by atoms with van der Waals surface area (Å²) in [7, 11) is 0. The van der Waals surface area contributed by atoms with Gasteiger partial charge in [0.25, 0.3) is 0 Å². The maximum Gasteiger partial charge on any atom is 0.414 e. The fraction of sp³-hybridized carbons (Fsp3) is 0.667. The standard InChI is InChI=1S/C9H15NO2/c1-4-8-5-6-12-9(11)10(8)7(2)3/h4,7H,5-6H2,1-3H3/b8-4+. The van der Waals surface area contributed by atoms with E-state index in [4.69, 9.17) is 4.74 Å². The highest BCUT2D eigenvalue weighted by Crippen LogP contribution is 2.19. The summed E-state index contributed by atoms with van der Waals surface area (Å²) in [4.78, 5) is 13.0. The second-order valence-corrected chi connectivity index (χ2v) is 3.11. The van der Waals surface area contributed by atoms with E-state index in [9.17, 15) is 4.79 Å². The van der Waals surface area contributed by atoms with Gasteiger partial charge < -0.3 is 4.74 Å². The van der Waals surface area contributed by atoms with Gasteiger partial charge in [0.05, 0.1) is 6.61 Å². The Bertz CT molecular complexity index is 209. The molecular weight excluding hydrogens is 154 g/mol. The zero-order valence-electron chi connectivity index (χ0n) is 7.83. The quantitative estimate of drug-likeness (QED) is 0.602. The first-order chi connectivity index (χ1) is 5.66. The largest absolute Gasteiger partial charge is 0.449 e. The molecule has 0 N–H and O–H groups in total. The number of hydrogen-bond acceptors (Lipinski definition) is 2. The minimum Gasteiger partial charge on any atom is -0.449 e. The van der Waals surface area contributed by atoms with E-state index in [1.54, 1.807) is 4.90 Å². The predicted octanol–water partition coefficient (Wildman–Crippen LogP) is 2.14. The molecule has 0 aromatic heterocycles. The van der Waals surface area contributed by atoms with Crippen LogP contribution >= 0.6 is 0 Å². The number of cyclic esters (lactones) is 1. The van der Waals surface area contributed by atoms with Crippen LogP contribution in [0.2, 0.25) is 0 Å². The first-order valence-electron chi connectivity index (χ1n) is 4.28. The van der Waals surface area contributed by atoms with Gasteiger partial charge in [0, 0.05) is 18.2 Å². The molecule has 3 heteroatoms. The molecule has 0 radical (unpaired) electrons. The Labute approximate surface area is 73.0 Å². The number of hydrogen-bond donors (Lipinski definition) is 0. The van der Waals surface area contributed by atoms with Crippen molar-refractivity contribution >= 4 is 6.09 Å². The third-order valence-corrected chi connectivity index (χ3v) is 1.94. The van der Waals surface area contributed by atoms with Gasteiger partial charge >= 0.3 is 6.09 Å². The molecule has 0 bridgehead atoms. The van der Waals surface area contributed by atoms with E-state index in [1.807, 2.05) is 26.8 Å². The Morgan fingerprint density at radius 2 is 2.25 bits per heavy atom. The molecule has 1 aliphatic heterocycles. The Morgan fingerprint density at radius 1 is 1.58 bits per heavy atom. The van der Waals surface area contributed by atoms with Crippen molar-refractivity contribution in [2.75, 3.05) is 6.61 Å². The molecule has 1 amide bonds. The number of rotatable bonds is 1. The van der Waals surface area contributed by atoms with E-state index in [0.717, 1.165) is 12.1 Å². The van der Waals surface area contributed by atoms with Crippen LogP contribution in [0.1, 0.15) is 27.2 Å². The molecule has 0 aromatic rings. The summed E-state index contributed by atoms with van der Waals surface area (Å²) in [6.45, 7) is 6.43. The van der Waals surface area contributed by atoms with E-state index in [2.05, 4.69) is 0 Å². The van der Waals surface area contributed by atoms with Crippen molar-refractivity contribution in [1.29, 1.82) is 0 Å². The summed E-state index contributed by atoms with van der Waals surface area (Å²) in [5, 5.41) is 0. The average Bonchev–Trinajstić information content (AvgIpc) is 2.03. The second-order valence-electron chi connectivity index (χ2n) is 3.11. The van der Waals surface area contributed by atoms with Crippen LogP contribution in [-0.2, 0) is 4.74 Å². The molecule has 1 saturated heterocycles. The molecule has 0 atom stereocenters. The van der Waals surface area contributed by atoms with Crippen LogP contribution in [0, 0.1) is 0 Å². The van der Waals surface area contributed by atoms with Gasteiger partial charge in [0.1, 0.15) is 0 Å². The van der Waals surface area contributed by atoms with E-state index in [-0.39, 0.29) is 12.1 Å². The van der Waals surface area contributed by atoms with Gasteiger partial charge in [0.2, 0.25) is 0 Å². The number of carbonyl (C=O) groups excluding carboxylic acids is 1. The van der Waals surface area contributed by atoms with Gasteiger partial charge in [-0.2, -0.15) is 0 Å². The monoisotopic (exact) mass is 169 g/mol. The van der Waals surface area contributed by atoms with Crippen molar-refractivity contribution in [1.82, 2.24) is 4.90 Å². The molecule has 0 saturated carbocycles. The third kappa shape index (κ3) is 1.60. The number of allylic oxidation sites excluding steroid dienone is 1. The van der Waals surface area contributed by atoms with Crippen LogP contribution in [0.3, 0.4) is 0 Å². The molecular formula is C9H15NO2. The van der Waals surface area contributed by atoms with Gasteiger partial charge in [-0.3, -0.25) is 4.90 Å². The van der Waals surface area contributed by atoms with E-state index >= 15 is 0 Å². The smallest absolute Gasteiger partial charge is 0.414 e. The van der Waals surface area contributed by atoms with Crippen molar-refractivity contribution in [2.24, 2.45) is 0 Å². The Hall–Kier alpha value is -0.990. The second kappa shape index (κ2) is 3.61. The van der Waals surface area contributed by atoms with Crippen LogP contribution in [0.4, 0.5) is 4.79 Å². The number of carbonyl (C=O) groups is 1. The molecule has 0 aromatic carbocycles. The molecule has 0 aliphatic carbocycles. The van der Waals surface area contributed by atoms with E-state index < -0.39 is 0 Å². The Morgan fingerprint density at radius 3 is 2.67 bits per heavy atom. The van der Waals surface area contributed by atoms with Gasteiger partial charge in [-0.25, -0.2) is 4.79 Å². The summed E-state index contributed by atoms with van der Waals surface area (Å²) in [6.07, 6.45) is 2.59. The maximum absolute atomic E-state index is 11.3. The van der Waals surface area contributed by atoms with Crippen molar-refractivity contribution in [3.8, 4) is 0 Å². The minimum absolute atomic E-state index is 0.184. The van der Waals surface area contributed by atoms with Crippen LogP contribution in [0.15, 0.2) is 11.8 Å². The normalized spacial score (nSPS) is 21.8. The lowest BCUT2D eigenvalue weighted by atomic mass is 10.2. The molecule has 12 heavy (non-hydrogen) atoms. The zero-order chi connectivity index (χ0) is 9.14. The topological polar surface area (TPSA) is 29.5 Å². The fourth-order valence-corrected chi connectivity index (χ4v) is 1.38. The van der Waals surface area contributed by atoms with Gasteiger partial charge in [-0.15, -0.1) is 0 Å². The summed E-state index contributed by atoms with van der Waals surface area (Å²) in [5.74, 6) is 0. The number of amides is 1. The SMILES string of the molecule is C/C=C1\CCOC(=O)N1C(C)C. The summed E-state index contributed by atoms with van der Waals surface area (Å²) in [6, 6.07) is 0.184. The number of nitrogens with zero attached hydrogens (tertiary/aromatic N) is 1. The molecule has 1 rings (SSSR count). The van der Waals surface area contributed by atoms with Crippen LogP contribution in [-0.4, -0.2) is 23.6 Å². The highest BCUT2D eigenvalue weighted by molar-refractivity contribution is 5.71. The van der Waals surface area contributed by atoms with Crippen molar-refractivity contribution < 1.29 is 9.53 Å². The van der Waals surface area contributed by atoms with Crippen LogP contribution < -0.4 is 0 Å². The van der Waals surface area contributed by atoms with E-state index in [1.165, 1.54) is 0 Å². The average molecular weight is 169 g/mol. The fourth-order valence-electron chi connectivity index (χ4n) is 1.38. The van der Waals surface area contributed by atoms with Crippen LogP contribution in [0.5, 0.6) is 0 Å². The number of ether oxygens (including phenoxy) is 1. The lowest BCUT2D eigenvalue weighted by Gasteiger charge is -2.32. The molecule has 0 unspecified atom stereocenters. The molecule has 1 heterocycles. The molecule has 1 aliphatic rings. The van der Waals surface area contributed by atoms with E-state index in [0.29, 0.717) is 6.61 Å². The van der Waals surface area contributed by atoms with Crippen molar-refractivity contribution in [3.63, 3.8) is 0 Å². The Balaban J connectivity index is 2.80. The summed E-state index contributed by atoms with van der Waals surface area (Å²) in [5.41, 5.74) is 1.07. The summed E-state index contributed by atoms with van der Waals surface area (Å²) >= 11 is 0. The maximum atomic E-state index is 11.3. The molecule has 3 nitrogen and oxygen atoms in total.